The maximum Gasteiger partial charge on any atom is 0.511 e. The molecule has 41 heavy (non-hydrogen) atoms. The van der Waals surface area contributed by atoms with E-state index in [4.69, 9.17) is 11.6 Å². The van der Waals surface area contributed by atoms with Crippen LogP contribution in [0.25, 0.3) is 5.78 Å². The molecule has 0 aromatic carbocycles. The number of allylic oxidation sites excluding steroid dienone is 1. The summed E-state index contributed by atoms with van der Waals surface area (Å²) in [5.41, 5.74) is -4.59. The molecule has 2 aliphatic rings. The summed E-state index contributed by atoms with van der Waals surface area (Å²) in [5.74, 6) is -2.26. The minimum absolute atomic E-state index is 0.00969. The summed E-state index contributed by atoms with van der Waals surface area (Å²) in [7, 11) is -5.53. The van der Waals surface area contributed by atoms with Crippen molar-refractivity contribution in [2.75, 3.05) is 13.1 Å². The molecule has 4 heterocycles. The first-order valence-corrected chi connectivity index (χ1v) is 14.7. The number of carbonyl (C=O) groups is 1. The van der Waals surface area contributed by atoms with Gasteiger partial charge in [0.25, 0.3) is 5.91 Å². The van der Waals surface area contributed by atoms with Crippen molar-refractivity contribution in [1.82, 2.24) is 38.8 Å². The molecule has 1 amide bonds. The van der Waals surface area contributed by atoms with Crippen molar-refractivity contribution in [3.8, 4) is 0 Å². The number of hydrogen-bond donors (Lipinski definition) is 1. The van der Waals surface area contributed by atoms with Gasteiger partial charge in [0.05, 0.1) is 35.9 Å². The number of carbonyl (C=O) groups excluding carboxylic acids is 1. The molecule has 0 saturated heterocycles. The van der Waals surface area contributed by atoms with E-state index < -0.39 is 46.3 Å². The molecule has 1 aliphatic carbocycles. The van der Waals surface area contributed by atoms with Crippen LogP contribution in [0.15, 0.2) is 24.3 Å². The Balaban J connectivity index is 1.33. The summed E-state index contributed by atoms with van der Waals surface area (Å²) in [6.07, 6.45) is 4.88. The molecule has 0 spiro atoms. The molecule has 0 radical (unpaired) electrons. The maximum atomic E-state index is 15.5. The normalized spacial score (nSPS) is 23.9. The number of fused-ring (bicyclic) bond motifs is 2. The summed E-state index contributed by atoms with van der Waals surface area (Å²) in [6, 6.07) is 0. The third-order valence-corrected chi connectivity index (χ3v) is 9.60. The summed E-state index contributed by atoms with van der Waals surface area (Å²) in [5, 5.41) is 7.50. The first-order valence-electron chi connectivity index (χ1n) is 12.9. The second kappa shape index (κ2) is 10.6. The number of nitrogens with one attached hydrogen (secondary N) is 1. The fourth-order valence-electron chi connectivity index (χ4n) is 5.36. The molecule has 17 heteroatoms. The molecule has 0 fully saturated rings. The van der Waals surface area contributed by atoms with Gasteiger partial charge in [-0.2, -0.15) is 22.6 Å². The van der Waals surface area contributed by atoms with Crippen molar-refractivity contribution < 1.29 is 30.8 Å². The topological polar surface area (TPSA) is 127 Å². The number of imidazole rings is 1. The first-order chi connectivity index (χ1) is 19.2. The van der Waals surface area contributed by atoms with Crippen molar-refractivity contribution in [3.05, 3.63) is 52.4 Å². The van der Waals surface area contributed by atoms with Crippen LogP contribution in [0, 0.1) is 17.8 Å². The summed E-state index contributed by atoms with van der Waals surface area (Å²) < 4.78 is 81.4. The fourth-order valence-corrected chi connectivity index (χ4v) is 6.41. The number of nitrogens with zero attached hydrogens (tertiary/aromatic N) is 7. The van der Waals surface area contributed by atoms with Gasteiger partial charge in [-0.05, 0) is 30.3 Å². The highest BCUT2D eigenvalue weighted by Gasteiger charge is 2.51. The van der Waals surface area contributed by atoms with Gasteiger partial charge in [-0.15, -0.1) is 0 Å². The van der Waals surface area contributed by atoms with Gasteiger partial charge in [0.1, 0.15) is 17.3 Å². The van der Waals surface area contributed by atoms with Crippen molar-refractivity contribution in [1.29, 1.82) is 0 Å². The minimum Gasteiger partial charge on any atom is -0.350 e. The van der Waals surface area contributed by atoms with E-state index in [0.717, 1.165) is 0 Å². The average Bonchev–Trinajstić information content (AvgIpc) is 3.49. The van der Waals surface area contributed by atoms with E-state index in [1.165, 1.54) is 21.4 Å². The van der Waals surface area contributed by atoms with Crippen molar-refractivity contribution in [2.45, 2.75) is 51.7 Å². The molecule has 1 aliphatic heterocycles. The van der Waals surface area contributed by atoms with Crippen molar-refractivity contribution in [3.63, 3.8) is 0 Å². The van der Waals surface area contributed by atoms with E-state index in [2.05, 4.69) is 25.4 Å². The van der Waals surface area contributed by atoms with Crippen LogP contribution in [0.3, 0.4) is 0 Å². The van der Waals surface area contributed by atoms with E-state index in [1.54, 1.807) is 6.20 Å². The lowest BCUT2D eigenvalue weighted by atomic mass is 9.71. The standard InChI is InChI=1S/C24H27ClF4N8O3S/c1-4-17-20(36-10-15(25)9-31-23(36)32-17)22(38)30-8-14-7-16(26)19(13(3)12(14)2)21-33-18-11-35(5-6-37(18)34-21)41(39,40)24(27,28)29/h7,9-10,12-14,19H,4-6,8,11H2,1-3H3,(H,30,38). The monoisotopic (exact) mass is 618 g/mol. The summed E-state index contributed by atoms with van der Waals surface area (Å²) >= 11 is 6.06. The van der Waals surface area contributed by atoms with E-state index in [1.807, 2.05) is 20.8 Å². The zero-order valence-electron chi connectivity index (χ0n) is 22.2. The lowest BCUT2D eigenvalue weighted by molar-refractivity contribution is -0.0496. The van der Waals surface area contributed by atoms with E-state index in [-0.39, 0.29) is 42.5 Å². The van der Waals surface area contributed by atoms with Crippen LogP contribution in [-0.2, 0) is 29.5 Å². The number of hydrogen-bond acceptors (Lipinski definition) is 7. The van der Waals surface area contributed by atoms with E-state index in [0.29, 0.717) is 32.9 Å². The highest BCUT2D eigenvalue weighted by Crippen LogP contribution is 2.43. The largest absolute Gasteiger partial charge is 0.511 e. The molecule has 222 valence electrons. The Morgan fingerprint density at radius 3 is 2.61 bits per heavy atom. The minimum atomic E-state index is -5.53. The van der Waals surface area contributed by atoms with E-state index >= 15 is 4.39 Å². The highest BCUT2D eigenvalue weighted by molar-refractivity contribution is 7.89. The van der Waals surface area contributed by atoms with E-state index in [9.17, 15) is 26.4 Å². The van der Waals surface area contributed by atoms with Crippen LogP contribution in [0.5, 0.6) is 0 Å². The van der Waals surface area contributed by atoms with Crippen LogP contribution in [-0.4, -0.2) is 66.4 Å². The Kier molecular flexibility index (Phi) is 7.61. The molecular formula is C24H27ClF4N8O3S. The number of alkyl halides is 3. The van der Waals surface area contributed by atoms with Gasteiger partial charge in [0, 0.05) is 19.3 Å². The number of aryl methyl sites for hydroxylation is 1. The summed E-state index contributed by atoms with van der Waals surface area (Å²) in [4.78, 5) is 26.0. The fraction of sp³-hybridized carbons (Fsp3) is 0.542. The SMILES string of the molecule is CCc1nc2ncc(Cl)cn2c1C(=O)NCC1C=C(F)C(c2nc3n(n2)CCN(S(=O)(=O)C(F)(F)F)C3)C(C)C1C. The number of sulfonamides is 1. The Hall–Kier alpha value is -3.11. The molecule has 3 aromatic heterocycles. The van der Waals surface area contributed by atoms with Crippen LogP contribution >= 0.6 is 11.6 Å². The second-order valence-corrected chi connectivity index (χ2v) is 12.6. The molecule has 11 nitrogen and oxygen atoms in total. The van der Waals surface area contributed by atoms with Crippen LogP contribution in [0.1, 0.15) is 54.5 Å². The zero-order valence-corrected chi connectivity index (χ0v) is 23.8. The van der Waals surface area contributed by atoms with Gasteiger partial charge in [-0.1, -0.05) is 32.4 Å². The summed E-state index contributed by atoms with van der Waals surface area (Å²) in [6.45, 7) is 4.52. The Bertz CT molecular complexity index is 1640. The molecule has 1 N–H and O–H groups in total. The molecular weight excluding hydrogens is 592 g/mol. The lowest BCUT2D eigenvalue weighted by Crippen LogP contribution is -2.44. The average molecular weight is 619 g/mol. The number of halogens is 5. The lowest BCUT2D eigenvalue weighted by Gasteiger charge is -2.35. The predicted molar refractivity (Wildman–Crippen MR) is 139 cm³/mol. The van der Waals surface area contributed by atoms with Gasteiger partial charge in [0.2, 0.25) is 5.78 Å². The third-order valence-electron chi connectivity index (χ3n) is 7.82. The molecule has 4 unspecified atom stereocenters. The van der Waals surface area contributed by atoms with Crippen LogP contribution < -0.4 is 5.32 Å². The number of amides is 1. The van der Waals surface area contributed by atoms with Crippen LogP contribution in [0.4, 0.5) is 17.6 Å². The van der Waals surface area contributed by atoms with Crippen LogP contribution in [0.2, 0.25) is 5.02 Å². The Morgan fingerprint density at radius 2 is 1.93 bits per heavy atom. The van der Waals surface area contributed by atoms with Gasteiger partial charge in [-0.25, -0.2) is 32.4 Å². The van der Waals surface area contributed by atoms with Crippen molar-refractivity contribution >= 4 is 33.3 Å². The van der Waals surface area contributed by atoms with Gasteiger partial charge in [-0.3, -0.25) is 9.20 Å². The first kappa shape index (κ1) is 29.4. The third kappa shape index (κ3) is 5.20. The smallest absolute Gasteiger partial charge is 0.350 e. The van der Waals surface area contributed by atoms with Gasteiger partial charge < -0.3 is 5.32 Å². The van der Waals surface area contributed by atoms with Gasteiger partial charge in [0.15, 0.2) is 5.82 Å². The molecule has 5 rings (SSSR count). The second-order valence-electron chi connectivity index (χ2n) is 10.2. The molecule has 0 saturated carbocycles. The molecule has 3 aromatic rings. The quantitative estimate of drug-likeness (QED) is 0.419. The molecule has 0 bridgehead atoms. The Labute approximate surface area is 237 Å². The molecule has 4 atom stereocenters. The number of rotatable bonds is 6. The van der Waals surface area contributed by atoms with Crippen molar-refractivity contribution in [2.24, 2.45) is 17.8 Å². The Morgan fingerprint density at radius 1 is 1.20 bits per heavy atom. The maximum absolute atomic E-state index is 15.5. The zero-order chi connectivity index (χ0) is 29.9. The predicted octanol–water partition coefficient (Wildman–Crippen LogP) is 3.47. The highest BCUT2D eigenvalue weighted by atomic mass is 35.5. The van der Waals surface area contributed by atoms with Gasteiger partial charge >= 0.3 is 15.5 Å². The number of aromatic nitrogens is 6.